The van der Waals surface area contributed by atoms with E-state index in [0.29, 0.717) is 28.9 Å². The Kier molecular flexibility index (Phi) is 6.28. The molecule has 1 aromatic carbocycles. The van der Waals surface area contributed by atoms with E-state index in [2.05, 4.69) is 15.9 Å². The smallest absolute Gasteiger partial charge is 0.179 e. The average molecular weight is 336 g/mol. The fourth-order valence-electron chi connectivity index (χ4n) is 1.60. The molecule has 0 saturated heterocycles. The van der Waals surface area contributed by atoms with E-state index in [1.54, 1.807) is 24.3 Å². The lowest BCUT2D eigenvalue weighted by atomic mass is 10.3. The first-order chi connectivity index (χ1) is 8.51. The highest BCUT2D eigenvalue weighted by molar-refractivity contribution is 9.10. The summed E-state index contributed by atoms with van der Waals surface area (Å²) in [7, 11) is -3.30. The van der Waals surface area contributed by atoms with Gasteiger partial charge in [0.05, 0.1) is 16.8 Å². The van der Waals surface area contributed by atoms with Gasteiger partial charge in [-0.25, -0.2) is 8.42 Å². The normalized spacial score (nSPS) is 13.5. The molecule has 1 rings (SSSR count). The Labute approximate surface area is 117 Å². The first-order valence-corrected chi connectivity index (χ1v) is 8.24. The summed E-state index contributed by atoms with van der Waals surface area (Å²) in [6.07, 6.45) is 0.209. The molecule has 6 heteroatoms. The summed E-state index contributed by atoms with van der Waals surface area (Å²) in [6, 6.07) is 6.81. The SMILES string of the molecule is CCOC(CN)CCS(=O)(=O)c1ccccc1Br. The van der Waals surface area contributed by atoms with Gasteiger partial charge < -0.3 is 10.5 Å². The molecule has 2 N–H and O–H groups in total. The lowest BCUT2D eigenvalue weighted by Gasteiger charge is -2.15. The van der Waals surface area contributed by atoms with Crippen LogP contribution in [0.25, 0.3) is 0 Å². The Balaban J connectivity index is 2.74. The largest absolute Gasteiger partial charge is 0.377 e. The minimum Gasteiger partial charge on any atom is -0.377 e. The molecule has 0 radical (unpaired) electrons. The molecular formula is C12H18BrNO3S. The highest BCUT2D eigenvalue weighted by Crippen LogP contribution is 2.23. The number of halogens is 1. The van der Waals surface area contributed by atoms with E-state index in [-0.39, 0.29) is 11.9 Å². The van der Waals surface area contributed by atoms with Crippen molar-refractivity contribution in [2.45, 2.75) is 24.3 Å². The van der Waals surface area contributed by atoms with Crippen LogP contribution in [-0.4, -0.2) is 33.4 Å². The van der Waals surface area contributed by atoms with Crippen molar-refractivity contribution in [2.24, 2.45) is 5.73 Å². The first kappa shape index (κ1) is 15.6. The molecule has 0 aromatic heterocycles. The van der Waals surface area contributed by atoms with Gasteiger partial charge in [0.1, 0.15) is 0 Å². The summed E-state index contributed by atoms with van der Waals surface area (Å²) < 4.78 is 30.2. The Morgan fingerprint density at radius 1 is 1.39 bits per heavy atom. The van der Waals surface area contributed by atoms with Crippen molar-refractivity contribution in [1.29, 1.82) is 0 Å². The highest BCUT2D eigenvalue weighted by atomic mass is 79.9. The predicted octanol–water partition coefficient (Wildman–Crippen LogP) is 1.98. The van der Waals surface area contributed by atoms with E-state index >= 15 is 0 Å². The van der Waals surface area contributed by atoms with Gasteiger partial charge in [0.15, 0.2) is 9.84 Å². The summed E-state index contributed by atoms with van der Waals surface area (Å²) in [6.45, 7) is 2.74. The van der Waals surface area contributed by atoms with Crippen LogP contribution in [0.5, 0.6) is 0 Å². The number of rotatable bonds is 7. The van der Waals surface area contributed by atoms with Gasteiger partial charge in [-0.3, -0.25) is 0 Å². The van der Waals surface area contributed by atoms with Gasteiger partial charge in [-0.2, -0.15) is 0 Å². The van der Waals surface area contributed by atoms with Crippen LogP contribution < -0.4 is 5.73 Å². The zero-order valence-corrected chi connectivity index (χ0v) is 12.7. The van der Waals surface area contributed by atoms with Gasteiger partial charge in [-0.05, 0) is 41.4 Å². The van der Waals surface area contributed by atoms with Crippen LogP contribution in [0.2, 0.25) is 0 Å². The maximum Gasteiger partial charge on any atom is 0.179 e. The summed E-state index contributed by atoms with van der Waals surface area (Å²) >= 11 is 3.25. The Bertz CT molecular complexity index is 476. The molecule has 1 unspecified atom stereocenters. The van der Waals surface area contributed by atoms with Crippen molar-refractivity contribution in [3.63, 3.8) is 0 Å². The van der Waals surface area contributed by atoms with E-state index in [9.17, 15) is 8.42 Å². The Morgan fingerprint density at radius 3 is 2.61 bits per heavy atom. The molecule has 1 aromatic rings. The molecule has 0 saturated carbocycles. The number of hydrogen-bond donors (Lipinski definition) is 1. The van der Waals surface area contributed by atoms with Crippen LogP contribution in [0.3, 0.4) is 0 Å². The third-order valence-corrected chi connectivity index (χ3v) is 5.30. The predicted molar refractivity (Wildman–Crippen MR) is 75.3 cm³/mol. The van der Waals surface area contributed by atoms with Crippen LogP contribution in [0.1, 0.15) is 13.3 Å². The standard InChI is InChI=1S/C12H18BrNO3S/c1-2-17-10(9-14)7-8-18(15,16)12-6-4-3-5-11(12)13/h3-6,10H,2,7-9,14H2,1H3. The average Bonchev–Trinajstić information content (AvgIpc) is 2.34. The van der Waals surface area contributed by atoms with Gasteiger partial charge >= 0.3 is 0 Å². The molecule has 0 aliphatic heterocycles. The molecule has 102 valence electrons. The van der Waals surface area contributed by atoms with Crippen LogP contribution >= 0.6 is 15.9 Å². The fourth-order valence-corrected chi connectivity index (χ4v) is 4.07. The van der Waals surface area contributed by atoms with E-state index in [1.165, 1.54) is 0 Å². The van der Waals surface area contributed by atoms with Crippen molar-refractivity contribution in [1.82, 2.24) is 0 Å². The van der Waals surface area contributed by atoms with Gasteiger partial charge in [-0.1, -0.05) is 12.1 Å². The maximum absolute atomic E-state index is 12.2. The van der Waals surface area contributed by atoms with Crippen molar-refractivity contribution in [3.8, 4) is 0 Å². The molecule has 0 fully saturated rings. The van der Waals surface area contributed by atoms with Crippen molar-refractivity contribution in [3.05, 3.63) is 28.7 Å². The maximum atomic E-state index is 12.2. The summed E-state index contributed by atoms with van der Waals surface area (Å²) in [5.41, 5.74) is 5.53. The van der Waals surface area contributed by atoms with Crippen LogP contribution in [-0.2, 0) is 14.6 Å². The number of hydrogen-bond acceptors (Lipinski definition) is 4. The third kappa shape index (κ3) is 4.35. The summed E-state index contributed by atoms with van der Waals surface area (Å²) in [5, 5.41) is 0. The quantitative estimate of drug-likeness (QED) is 0.827. The molecular weight excluding hydrogens is 318 g/mol. The molecule has 0 spiro atoms. The molecule has 4 nitrogen and oxygen atoms in total. The zero-order chi connectivity index (χ0) is 13.6. The van der Waals surface area contributed by atoms with Crippen LogP contribution in [0, 0.1) is 0 Å². The minimum atomic E-state index is -3.30. The molecule has 0 aliphatic carbocycles. The van der Waals surface area contributed by atoms with E-state index < -0.39 is 9.84 Å². The van der Waals surface area contributed by atoms with Crippen LogP contribution in [0.4, 0.5) is 0 Å². The second kappa shape index (κ2) is 7.23. The van der Waals surface area contributed by atoms with Gasteiger partial charge in [0, 0.05) is 17.6 Å². The number of benzene rings is 1. The number of sulfone groups is 1. The Morgan fingerprint density at radius 2 is 2.06 bits per heavy atom. The van der Waals surface area contributed by atoms with E-state index in [1.807, 2.05) is 6.92 Å². The lowest BCUT2D eigenvalue weighted by molar-refractivity contribution is 0.0671. The van der Waals surface area contributed by atoms with Crippen molar-refractivity contribution >= 4 is 25.8 Å². The molecule has 0 aliphatic rings. The van der Waals surface area contributed by atoms with Crippen LogP contribution in [0.15, 0.2) is 33.6 Å². The van der Waals surface area contributed by atoms with E-state index in [0.717, 1.165) is 0 Å². The van der Waals surface area contributed by atoms with Gasteiger partial charge in [-0.15, -0.1) is 0 Å². The second-order valence-electron chi connectivity index (χ2n) is 3.85. The van der Waals surface area contributed by atoms with Gasteiger partial charge in [0.25, 0.3) is 0 Å². The van der Waals surface area contributed by atoms with Crippen molar-refractivity contribution in [2.75, 3.05) is 18.9 Å². The summed E-state index contributed by atoms with van der Waals surface area (Å²) in [5.74, 6) is 0.0392. The fraction of sp³-hybridized carbons (Fsp3) is 0.500. The third-order valence-electron chi connectivity index (χ3n) is 2.55. The van der Waals surface area contributed by atoms with E-state index in [4.69, 9.17) is 10.5 Å². The van der Waals surface area contributed by atoms with Crippen molar-refractivity contribution < 1.29 is 13.2 Å². The molecule has 18 heavy (non-hydrogen) atoms. The second-order valence-corrected chi connectivity index (χ2v) is 6.78. The topological polar surface area (TPSA) is 69.4 Å². The molecule has 0 bridgehead atoms. The zero-order valence-electron chi connectivity index (χ0n) is 10.3. The number of ether oxygens (including phenoxy) is 1. The Hall–Kier alpha value is -0.430. The number of nitrogens with two attached hydrogens (primary N) is 1. The highest BCUT2D eigenvalue weighted by Gasteiger charge is 2.19. The minimum absolute atomic E-state index is 0.0392. The molecule has 0 heterocycles. The molecule has 0 amide bonds. The molecule has 1 atom stereocenters. The monoisotopic (exact) mass is 335 g/mol. The first-order valence-electron chi connectivity index (χ1n) is 5.80. The summed E-state index contributed by atoms with van der Waals surface area (Å²) in [4.78, 5) is 0.317. The van der Waals surface area contributed by atoms with Gasteiger partial charge in [0.2, 0.25) is 0 Å². The lowest BCUT2D eigenvalue weighted by Crippen LogP contribution is -2.26.